The quantitative estimate of drug-likeness (QED) is 0.691. The van der Waals surface area contributed by atoms with Gasteiger partial charge in [0.15, 0.2) is 0 Å². The molecule has 1 aliphatic heterocycles. The minimum Gasteiger partial charge on any atom is -0.381 e. The molecule has 1 aromatic heterocycles. The molecule has 0 bridgehead atoms. The number of rotatable bonds is 5. The van der Waals surface area contributed by atoms with Gasteiger partial charge in [0.2, 0.25) is 0 Å². The number of ether oxygens (including phenoxy) is 1. The normalized spacial score (nSPS) is 16.4. The lowest BCUT2D eigenvalue weighted by Crippen LogP contribution is -2.34. The van der Waals surface area contributed by atoms with Crippen LogP contribution in [0.5, 0.6) is 0 Å². The molecular weight excluding hydrogens is 412 g/mol. The van der Waals surface area contributed by atoms with Gasteiger partial charge in [-0.15, -0.1) is 0 Å². The second-order valence-electron chi connectivity index (χ2n) is 6.84. The summed E-state index contributed by atoms with van der Waals surface area (Å²) in [5.41, 5.74) is -0.663. The second-order valence-corrected chi connectivity index (χ2v) is 7.24. The highest BCUT2D eigenvalue weighted by molar-refractivity contribution is 6.33. The van der Waals surface area contributed by atoms with Crippen LogP contribution in [0.1, 0.15) is 40.4 Å². The zero-order valence-electron chi connectivity index (χ0n) is 15.3. The molecule has 1 aliphatic rings. The summed E-state index contributed by atoms with van der Waals surface area (Å²) >= 11 is 5.93. The number of nitrogens with one attached hydrogen (secondary N) is 1. The molecule has 156 valence electrons. The molecule has 0 radical (unpaired) electrons. The van der Waals surface area contributed by atoms with E-state index in [2.05, 4.69) is 10.3 Å². The van der Waals surface area contributed by atoms with Gasteiger partial charge in [-0.25, -0.2) is 4.39 Å². The fourth-order valence-corrected chi connectivity index (χ4v) is 3.72. The molecular formula is C20H19ClF4N2O2. The van der Waals surface area contributed by atoms with E-state index in [1.165, 1.54) is 24.4 Å². The third-order valence-electron chi connectivity index (χ3n) is 5.01. The van der Waals surface area contributed by atoms with E-state index in [1.807, 2.05) is 0 Å². The molecule has 2 aromatic rings. The van der Waals surface area contributed by atoms with Gasteiger partial charge in [0, 0.05) is 31.9 Å². The Morgan fingerprint density at radius 2 is 1.97 bits per heavy atom. The maximum absolute atomic E-state index is 14.0. The number of hydrogen-bond acceptors (Lipinski definition) is 3. The Balaban J connectivity index is 1.80. The van der Waals surface area contributed by atoms with Crippen molar-refractivity contribution in [3.8, 4) is 0 Å². The average Bonchev–Trinajstić information content (AvgIpc) is 2.68. The third kappa shape index (κ3) is 5.25. The Hall–Kier alpha value is -2.19. The fourth-order valence-electron chi connectivity index (χ4n) is 3.47. The molecule has 0 aliphatic carbocycles. The molecule has 2 heterocycles. The molecule has 0 saturated carbocycles. The Bertz CT molecular complexity index is 832. The Morgan fingerprint density at radius 3 is 2.55 bits per heavy atom. The molecule has 29 heavy (non-hydrogen) atoms. The number of alkyl halides is 3. The monoisotopic (exact) mass is 430 g/mol. The van der Waals surface area contributed by atoms with Crippen molar-refractivity contribution in [3.05, 3.63) is 64.2 Å². The molecule has 4 nitrogen and oxygen atoms in total. The fraction of sp³-hybridized carbons (Fsp3) is 0.400. The van der Waals surface area contributed by atoms with Crippen LogP contribution in [-0.2, 0) is 10.9 Å². The van der Waals surface area contributed by atoms with Crippen molar-refractivity contribution in [2.24, 2.45) is 5.92 Å². The standard InChI is InChI=1S/C20H19ClF4N2O2/c21-15-2-1-3-16(22)18(15)19(28)27-11-14(12-6-8-29-9-7-12)13-4-5-17(26-10-13)20(23,24)25/h1-5,10,12,14H,6-9,11H2,(H,27,28). The van der Waals surface area contributed by atoms with E-state index in [0.29, 0.717) is 31.6 Å². The molecule has 0 spiro atoms. The first-order valence-corrected chi connectivity index (χ1v) is 9.48. The van der Waals surface area contributed by atoms with Gasteiger partial charge in [0.05, 0.1) is 10.6 Å². The number of benzene rings is 1. The summed E-state index contributed by atoms with van der Waals surface area (Å²) in [5.74, 6) is -1.62. The molecule has 1 atom stereocenters. The van der Waals surface area contributed by atoms with E-state index < -0.39 is 23.6 Å². The minimum absolute atomic E-state index is 0.0127. The predicted molar refractivity (Wildman–Crippen MR) is 99.3 cm³/mol. The van der Waals surface area contributed by atoms with Gasteiger partial charge in [-0.05, 0) is 42.5 Å². The molecule has 1 amide bonds. The number of amides is 1. The molecule has 9 heteroatoms. The van der Waals surface area contributed by atoms with E-state index in [4.69, 9.17) is 16.3 Å². The summed E-state index contributed by atoms with van der Waals surface area (Å²) in [6.07, 6.45) is -1.95. The highest BCUT2D eigenvalue weighted by atomic mass is 35.5. The molecule has 1 aromatic carbocycles. The summed E-state index contributed by atoms with van der Waals surface area (Å²) in [5, 5.41) is 2.65. The largest absolute Gasteiger partial charge is 0.433 e. The van der Waals surface area contributed by atoms with E-state index >= 15 is 0 Å². The minimum atomic E-state index is -4.53. The second kappa shape index (κ2) is 9.09. The maximum Gasteiger partial charge on any atom is 0.433 e. The first-order chi connectivity index (χ1) is 13.8. The molecule has 1 fully saturated rings. The van der Waals surface area contributed by atoms with Crippen LogP contribution in [0, 0.1) is 11.7 Å². The number of carbonyl (C=O) groups is 1. The summed E-state index contributed by atoms with van der Waals surface area (Å²) in [6.45, 7) is 1.17. The van der Waals surface area contributed by atoms with Crippen molar-refractivity contribution < 1.29 is 27.1 Å². The van der Waals surface area contributed by atoms with Gasteiger partial charge in [-0.1, -0.05) is 23.7 Å². The van der Waals surface area contributed by atoms with Crippen LogP contribution >= 0.6 is 11.6 Å². The van der Waals surface area contributed by atoms with Crippen LogP contribution in [0.15, 0.2) is 36.5 Å². The summed E-state index contributed by atoms with van der Waals surface area (Å²) < 4.78 is 57.8. The maximum atomic E-state index is 14.0. The topological polar surface area (TPSA) is 51.2 Å². The highest BCUT2D eigenvalue weighted by Gasteiger charge is 2.33. The molecule has 3 rings (SSSR count). The van der Waals surface area contributed by atoms with Crippen LogP contribution in [0.3, 0.4) is 0 Å². The number of nitrogens with zero attached hydrogens (tertiary/aromatic N) is 1. The van der Waals surface area contributed by atoms with Crippen LogP contribution in [-0.4, -0.2) is 30.6 Å². The first kappa shape index (κ1) is 21.5. The van der Waals surface area contributed by atoms with Crippen LogP contribution < -0.4 is 5.32 Å². The lowest BCUT2D eigenvalue weighted by molar-refractivity contribution is -0.141. The number of halogens is 5. The van der Waals surface area contributed by atoms with Crippen molar-refractivity contribution in [2.75, 3.05) is 19.8 Å². The predicted octanol–water partition coefficient (Wildman–Crippen LogP) is 4.83. The van der Waals surface area contributed by atoms with Gasteiger partial charge in [-0.2, -0.15) is 13.2 Å². The SMILES string of the molecule is O=C(NCC(c1ccc(C(F)(F)F)nc1)C1CCOCC1)c1c(F)cccc1Cl. The van der Waals surface area contributed by atoms with Crippen molar-refractivity contribution in [1.29, 1.82) is 0 Å². The Kier molecular flexibility index (Phi) is 6.74. The average molecular weight is 431 g/mol. The molecule has 1 N–H and O–H groups in total. The van der Waals surface area contributed by atoms with Crippen LogP contribution in [0.2, 0.25) is 5.02 Å². The number of aromatic nitrogens is 1. The number of hydrogen-bond donors (Lipinski definition) is 1. The van der Waals surface area contributed by atoms with Gasteiger partial charge in [0.25, 0.3) is 5.91 Å². The highest BCUT2D eigenvalue weighted by Crippen LogP contribution is 2.33. The zero-order chi connectivity index (χ0) is 21.0. The van der Waals surface area contributed by atoms with E-state index in [1.54, 1.807) is 0 Å². The first-order valence-electron chi connectivity index (χ1n) is 9.10. The van der Waals surface area contributed by atoms with E-state index in [-0.39, 0.29) is 29.0 Å². The lowest BCUT2D eigenvalue weighted by Gasteiger charge is -2.31. The van der Waals surface area contributed by atoms with Crippen LogP contribution in [0.4, 0.5) is 17.6 Å². The third-order valence-corrected chi connectivity index (χ3v) is 5.33. The smallest absolute Gasteiger partial charge is 0.381 e. The molecule has 1 unspecified atom stereocenters. The lowest BCUT2D eigenvalue weighted by atomic mass is 9.81. The summed E-state index contributed by atoms with van der Waals surface area (Å²) in [7, 11) is 0. The summed E-state index contributed by atoms with van der Waals surface area (Å²) in [6, 6.07) is 6.24. The van der Waals surface area contributed by atoms with Gasteiger partial charge >= 0.3 is 6.18 Å². The Morgan fingerprint density at radius 1 is 1.24 bits per heavy atom. The number of pyridine rings is 1. The van der Waals surface area contributed by atoms with Crippen molar-refractivity contribution in [3.63, 3.8) is 0 Å². The Labute approximate surface area is 170 Å². The van der Waals surface area contributed by atoms with E-state index in [0.717, 1.165) is 12.1 Å². The summed E-state index contributed by atoms with van der Waals surface area (Å²) in [4.78, 5) is 16.0. The van der Waals surface area contributed by atoms with Crippen molar-refractivity contribution in [2.45, 2.75) is 24.9 Å². The van der Waals surface area contributed by atoms with Crippen LogP contribution in [0.25, 0.3) is 0 Å². The number of carbonyl (C=O) groups excluding carboxylic acids is 1. The molecule has 1 saturated heterocycles. The van der Waals surface area contributed by atoms with Crippen molar-refractivity contribution >= 4 is 17.5 Å². The van der Waals surface area contributed by atoms with Gasteiger partial charge in [-0.3, -0.25) is 9.78 Å². The van der Waals surface area contributed by atoms with Crippen molar-refractivity contribution in [1.82, 2.24) is 10.3 Å². The van der Waals surface area contributed by atoms with Gasteiger partial charge in [0.1, 0.15) is 11.5 Å². The van der Waals surface area contributed by atoms with Gasteiger partial charge < -0.3 is 10.1 Å². The zero-order valence-corrected chi connectivity index (χ0v) is 16.1. The van der Waals surface area contributed by atoms with E-state index in [9.17, 15) is 22.4 Å².